The van der Waals surface area contributed by atoms with Crippen molar-refractivity contribution in [2.75, 3.05) is 24.6 Å². The Morgan fingerprint density at radius 3 is 2.29 bits per heavy atom. The van der Waals surface area contributed by atoms with Crippen LogP contribution in [0.2, 0.25) is 0 Å². The van der Waals surface area contributed by atoms with Crippen LogP contribution in [0.15, 0.2) is 30.3 Å². The van der Waals surface area contributed by atoms with Gasteiger partial charge in [0.15, 0.2) is 0 Å². The lowest BCUT2D eigenvalue weighted by Crippen LogP contribution is -2.27. The van der Waals surface area contributed by atoms with Crippen LogP contribution in [-0.4, -0.2) is 33.0 Å². The molecule has 3 nitrogen and oxygen atoms in total. The maximum atomic E-state index is 11.9. The fourth-order valence-electron chi connectivity index (χ4n) is 2.39. The third-order valence-electron chi connectivity index (χ3n) is 3.51. The van der Waals surface area contributed by atoms with E-state index in [1.165, 1.54) is 5.56 Å². The van der Waals surface area contributed by atoms with Crippen LogP contribution in [0.5, 0.6) is 0 Å². The van der Waals surface area contributed by atoms with Crippen LogP contribution < -0.4 is 5.32 Å². The van der Waals surface area contributed by atoms with E-state index in [1.54, 1.807) is 0 Å². The molecule has 0 fully saturated rings. The first-order valence-corrected chi connectivity index (χ1v) is 9.73. The predicted octanol–water partition coefficient (Wildman–Crippen LogP) is 3.23. The van der Waals surface area contributed by atoms with Gasteiger partial charge in [-0.25, -0.2) is 8.42 Å². The highest BCUT2D eigenvalue weighted by Crippen LogP contribution is 2.20. The summed E-state index contributed by atoms with van der Waals surface area (Å²) in [7, 11) is -2.90. The molecule has 0 heterocycles. The number of sulfone groups is 1. The van der Waals surface area contributed by atoms with Gasteiger partial charge in [-0.2, -0.15) is 0 Å². The Morgan fingerprint density at radius 2 is 1.71 bits per heavy atom. The van der Waals surface area contributed by atoms with E-state index in [1.807, 2.05) is 25.1 Å². The first-order chi connectivity index (χ1) is 9.94. The van der Waals surface area contributed by atoms with Gasteiger partial charge in [-0.15, -0.1) is 0 Å². The first kappa shape index (κ1) is 18.2. The van der Waals surface area contributed by atoms with Crippen molar-refractivity contribution in [3.05, 3.63) is 35.9 Å². The van der Waals surface area contributed by atoms with Crippen LogP contribution in [0.4, 0.5) is 0 Å². The van der Waals surface area contributed by atoms with Crippen molar-refractivity contribution in [3.8, 4) is 0 Å². The van der Waals surface area contributed by atoms with Crippen LogP contribution in [0.25, 0.3) is 0 Å². The average molecular weight is 311 g/mol. The third kappa shape index (κ3) is 7.63. The molecule has 1 rings (SSSR count). The van der Waals surface area contributed by atoms with E-state index >= 15 is 0 Å². The van der Waals surface area contributed by atoms with Crippen LogP contribution in [0.3, 0.4) is 0 Å². The molecule has 4 heteroatoms. The van der Waals surface area contributed by atoms with E-state index in [-0.39, 0.29) is 11.7 Å². The normalized spacial score (nSPS) is 13.5. The molecule has 0 radical (unpaired) electrons. The van der Waals surface area contributed by atoms with Gasteiger partial charge in [-0.1, -0.05) is 51.1 Å². The van der Waals surface area contributed by atoms with Gasteiger partial charge in [0.05, 0.1) is 5.75 Å². The number of hydrogen-bond donors (Lipinski definition) is 1. The zero-order valence-corrected chi connectivity index (χ0v) is 14.3. The summed E-state index contributed by atoms with van der Waals surface area (Å²) in [6.45, 7) is 8.07. The first-order valence-electron chi connectivity index (χ1n) is 7.90. The van der Waals surface area contributed by atoms with Crippen molar-refractivity contribution in [3.63, 3.8) is 0 Å². The molecule has 1 N–H and O–H groups in total. The number of benzene rings is 1. The minimum atomic E-state index is -2.90. The second kappa shape index (κ2) is 9.21. The summed E-state index contributed by atoms with van der Waals surface area (Å²) < 4.78 is 23.9. The summed E-state index contributed by atoms with van der Waals surface area (Å²) in [5.74, 6) is 1.44. The molecule has 120 valence electrons. The van der Waals surface area contributed by atoms with Gasteiger partial charge in [-0.05, 0) is 36.8 Å². The molecule has 0 aliphatic heterocycles. The zero-order valence-electron chi connectivity index (χ0n) is 13.5. The largest absolute Gasteiger partial charge is 0.316 e. The number of nitrogens with one attached hydrogen (secondary N) is 1. The molecule has 0 bridgehead atoms. The molecule has 0 aliphatic carbocycles. The number of rotatable bonds is 10. The molecular weight excluding hydrogens is 282 g/mol. The maximum Gasteiger partial charge on any atom is 0.150 e. The van der Waals surface area contributed by atoms with Crippen LogP contribution in [0.1, 0.15) is 45.1 Å². The van der Waals surface area contributed by atoms with Crippen LogP contribution in [0, 0.1) is 5.92 Å². The van der Waals surface area contributed by atoms with Gasteiger partial charge < -0.3 is 5.32 Å². The van der Waals surface area contributed by atoms with Crippen molar-refractivity contribution in [1.82, 2.24) is 5.32 Å². The summed E-state index contributed by atoms with van der Waals surface area (Å²) >= 11 is 0. The van der Waals surface area contributed by atoms with E-state index < -0.39 is 9.84 Å². The van der Waals surface area contributed by atoms with Crippen LogP contribution in [-0.2, 0) is 9.84 Å². The van der Waals surface area contributed by atoms with Gasteiger partial charge in [0.25, 0.3) is 0 Å². The van der Waals surface area contributed by atoms with E-state index in [4.69, 9.17) is 0 Å². The predicted molar refractivity (Wildman–Crippen MR) is 90.5 cm³/mol. The molecule has 0 saturated carbocycles. The summed E-state index contributed by atoms with van der Waals surface area (Å²) in [5, 5.41) is 3.46. The second-order valence-electron chi connectivity index (χ2n) is 6.10. The Hall–Kier alpha value is -0.870. The molecule has 0 aliphatic rings. The summed E-state index contributed by atoms with van der Waals surface area (Å²) in [6.07, 6.45) is 1.39. The molecule has 1 aromatic carbocycles. The minimum Gasteiger partial charge on any atom is -0.316 e. The molecule has 0 aromatic heterocycles. The Morgan fingerprint density at radius 1 is 1.05 bits per heavy atom. The lowest BCUT2D eigenvalue weighted by Gasteiger charge is -2.19. The average Bonchev–Trinajstić information content (AvgIpc) is 2.43. The third-order valence-corrected chi connectivity index (χ3v) is 5.39. The van der Waals surface area contributed by atoms with Gasteiger partial charge in [0.1, 0.15) is 9.84 Å². The van der Waals surface area contributed by atoms with Crippen molar-refractivity contribution in [1.29, 1.82) is 0 Å². The highest BCUT2D eigenvalue weighted by atomic mass is 32.2. The quantitative estimate of drug-likeness (QED) is 0.721. The molecule has 1 atom stereocenters. The van der Waals surface area contributed by atoms with Crippen molar-refractivity contribution >= 4 is 9.84 Å². The van der Waals surface area contributed by atoms with E-state index in [0.29, 0.717) is 24.5 Å². The molecular formula is C17H29NO2S. The molecule has 0 saturated heterocycles. The monoisotopic (exact) mass is 311 g/mol. The lowest BCUT2D eigenvalue weighted by molar-refractivity contribution is 0.507. The lowest BCUT2D eigenvalue weighted by atomic mass is 9.96. The smallest absolute Gasteiger partial charge is 0.150 e. The van der Waals surface area contributed by atoms with Gasteiger partial charge in [0.2, 0.25) is 0 Å². The van der Waals surface area contributed by atoms with E-state index in [2.05, 4.69) is 31.3 Å². The fraction of sp³-hybridized carbons (Fsp3) is 0.647. The Labute approximate surface area is 130 Å². The zero-order chi connectivity index (χ0) is 15.7. The Bertz CT molecular complexity index is 483. The Balaban J connectivity index is 2.64. The van der Waals surface area contributed by atoms with E-state index in [0.717, 1.165) is 13.1 Å². The van der Waals surface area contributed by atoms with Gasteiger partial charge in [0, 0.05) is 12.3 Å². The summed E-state index contributed by atoms with van der Waals surface area (Å²) in [4.78, 5) is 0. The summed E-state index contributed by atoms with van der Waals surface area (Å²) in [6, 6.07) is 10.2. The second-order valence-corrected chi connectivity index (χ2v) is 8.40. The topological polar surface area (TPSA) is 46.2 Å². The highest BCUT2D eigenvalue weighted by molar-refractivity contribution is 7.91. The minimum absolute atomic E-state index is 0.261. The maximum absolute atomic E-state index is 11.9. The Kier molecular flexibility index (Phi) is 7.97. The van der Waals surface area contributed by atoms with Crippen molar-refractivity contribution in [2.45, 2.75) is 39.5 Å². The van der Waals surface area contributed by atoms with Gasteiger partial charge in [-0.3, -0.25) is 0 Å². The molecule has 0 amide bonds. The summed E-state index contributed by atoms with van der Waals surface area (Å²) in [5.41, 5.74) is 1.22. The molecule has 1 aromatic rings. The standard InChI is InChI=1S/C17H29NO2S/c1-4-11-21(19,20)12-10-17(14-18-13-15(2)3)16-8-6-5-7-9-16/h5-9,15,17-18H,4,10-14H2,1-3H3. The highest BCUT2D eigenvalue weighted by Gasteiger charge is 2.16. The molecule has 21 heavy (non-hydrogen) atoms. The van der Waals surface area contributed by atoms with Crippen molar-refractivity contribution in [2.24, 2.45) is 5.92 Å². The molecule has 0 spiro atoms. The van der Waals surface area contributed by atoms with Crippen molar-refractivity contribution < 1.29 is 8.42 Å². The van der Waals surface area contributed by atoms with Gasteiger partial charge >= 0.3 is 0 Å². The fourth-order valence-corrected chi connectivity index (χ4v) is 3.86. The molecule has 1 unspecified atom stereocenters. The van der Waals surface area contributed by atoms with Crippen LogP contribution >= 0.6 is 0 Å². The SMILES string of the molecule is CCCS(=O)(=O)CCC(CNCC(C)C)c1ccccc1. The number of hydrogen-bond acceptors (Lipinski definition) is 3. The van der Waals surface area contributed by atoms with E-state index in [9.17, 15) is 8.42 Å².